The molecule has 0 spiro atoms. The zero-order chi connectivity index (χ0) is 23.1. The number of hydrogen-bond donors (Lipinski definition) is 4. The molecule has 0 atom stereocenters. The highest BCUT2D eigenvalue weighted by Gasteiger charge is 2.19. The van der Waals surface area contributed by atoms with Crippen LogP contribution in [0.5, 0.6) is 0 Å². The fourth-order valence-electron chi connectivity index (χ4n) is 2.68. The van der Waals surface area contributed by atoms with Gasteiger partial charge < -0.3 is 20.8 Å². The number of carbonyl (C=O) groups excluding carboxylic acids is 2. The van der Waals surface area contributed by atoms with Crippen molar-refractivity contribution in [1.82, 2.24) is 4.98 Å². The van der Waals surface area contributed by atoms with E-state index in [1.54, 1.807) is 48.7 Å². The largest absolute Gasteiger partial charge is 0.478 e. The third-order valence-electron chi connectivity index (χ3n) is 4.14. The number of anilines is 2. The van der Waals surface area contributed by atoms with Gasteiger partial charge in [-0.1, -0.05) is 12.1 Å². The molecule has 2 amide bonds. The third-order valence-corrected chi connectivity index (χ3v) is 5.13. The maximum atomic E-state index is 12.6. The van der Waals surface area contributed by atoms with Gasteiger partial charge in [-0.25, -0.2) is 14.6 Å². The molecule has 4 N–H and O–H groups in total. The molecule has 162 valence electrons. The van der Waals surface area contributed by atoms with E-state index in [1.807, 2.05) is 0 Å². The minimum absolute atomic E-state index is 0.119. The number of rotatable bonds is 8. The van der Waals surface area contributed by atoms with E-state index < -0.39 is 23.4 Å². The minimum Gasteiger partial charge on any atom is -0.478 e. The predicted octanol–water partition coefficient (Wildman–Crippen LogP) is 3.46. The van der Waals surface area contributed by atoms with E-state index in [0.717, 1.165) is 18.2 Å². The lowest BCUT2D eigenvalue weighted by Crippen LogP contribution is -2.17. The number of carbonyl (C=O) groups is 4. The summed E-state index contributed by atoms with van der Waals surface area (Å²) in [6.45, 7) is 0. The molecular weight excluding hydrogens is 434 g/mol. The number of aromatic carboxylic acids is 2. The SMILES string of the molecule is O=C(CSc1cccc(NC(=O)c2ccc(C(=O)O)cc2C(=O)O)c1)Nc1ccccn1. The van der Waals surface area contributed by atoms with Gasteiger partial charge >= 0.3 is 11.9 Å². The van der Waals surface area contributed by atoms with Crippen LogP contribution in [0.15, 0.2) is 71.8 Å². The lowest BCUT2D eigenvalue weighted by molar-refractivity contribution is -0.113. The first-order valence-corrected chi connectivity index (χ1v) is 10.2. The van der Waals surface area contributed by atoms with Crippen LogP contribution in [0.25, 0.3) is 0 Å². The maximum Gasteiger partial charge on any atom is 0.336 e. The smallest absolute Gasteiger partial charge is 0.336 e. The van der Waals surface area contributed by atoms with Crippen molar-refractivity contribution >= 4 is 47.0 Å². The monoisotopic (exact) mass is 451 g/mol. The number of benzene rings is 2. The van der Waals surface area contributed by atoms with Crippen molar-refractivity contribution in [1.29, 1.82) is 0 Å². The maximum absolute atomic E-state index is 12.6. The molecule has 32 heavy (non-hydrogen) atoms. The van der Waals surface area contributed by atoms with E-state index in [-0.39, 0.29) is 22.8 Å². The van der Waals surface area contributed by atoms with Crippen LogP contribution in [0.2, 0.25) is 0 Å². The highest BCUT2D eigenvalue weighted by Crippen LogP contribution is 2.23. The van der Waals surface area contributed by atoms with Crippen molar-refractivity contribution in [2.45, 2.75) is 4.90 Å². The number of nitrogens with one attached hydrogen (secondary N) is 2. The second-order valence-corrected chi connectivity index (χ2v) is 7.45. The van der Waals surface area contributed by atoms with E-state index >= 15 is 0 Å². The number of amides is 2. The van der Waals surface area contributed by atoms with E-state index in [4.69, 9.17) is 5.11 Å². The van der Waals surface area contributed by atoms with Crippen molar-refractivity contribution in [2.75, 3.05) is 16.4 Å². The molecule has 3 aromatic rings. The Morgan fingerprint density at radius 1 is 0.844 bits per heavy atom. The van der Waals surface area contributed by atoms with Gasteiger partial charge in [0.15, 0.2) is 0 Å². The molecule has 0 aliphatic carbocycles. The Morgan fingerprint density at radius 2 is 1.66 bits per heavy atom. The Bertz CT molecular complexity index is 1180. The van der Waals surface area contributed by atoms with Crippen LogP contribution in [0.1, 0.15) is 31.1 Å². The number of aromatic nitrogens is 1. The lowest BCUT2D eigenvalue weighted by atomic mass is 10.0. The Kier molecular flexibility index (Phi) is 7.19. The van der Waals surface area contributed by atoms with Crippen molar-refractivity contribution in [3.8, 4) is 0 Å². The normalized spacial score (nSPS) is 10.2. The molecule has 0 unspecified atom stereocenters. The molecule has 3 rings (SSSR count). The molecule has 1 aromatic heterocycles. The van der Waals surface area contributed by atoms with Crippen molar-refractivity contribution in [3.05, 3.63) is 83.6 Å². The van der Waals surface area contributed by atoms with Crippen molar-refractivity contribution in [2.24, 2.45) is 0 Å². The summed E-state index contributed by atoms with van der Waals surface area (Å²) in [5, 5.41) is 23.6. The molecule has 1 heterocycles. The summed E-state index contributed by atoms with van der Waals surface area (Å²) in [4.78, 5) is 51.9. The highest BCUT2D eigenvalue weighted by molar-refractivity contribution is 8.00. The Balaban J connectivity index is 1.67. The lowest BCUT2D eigenvalue weighted by Gasteiger charge is -2.10. The average Bonchev–Trinajstić information content (AvgIpc) is 2.78. The van der Waals surface area contributed by atoms with Crippen molar-refractivity contribution in [3.63, 3.8) is 0 Å². The first-order valence-electron chi connectivity index (χ1n) is 9.19. The quantitative estimate of drug-likeness (QED) is 0.381. The van der Waals surface area contributed by atoms with Crippen molar-refractivity contribution < 1.29 is 29.4 Å². The number of carboxylic acids is 2. The second-order valence-electron chi connectivity index (χ2n) is 6.40. The van der Waals surface area contributed by atoms with E-state index in [2.05, 4.69) is 15.6 Å². The van der Waals surface area contributed by atoms with Crippen LogP contribution in [-0.4, -0.2) is 44.7 Å². The first-order chi connectivity index (χ1) is 15.3. The molecule has 0 radical (unpaired) electrons. The summed E-state index contributed by atoms with van der Waals surface area (Å²) >= 11 is 1.25. The summed E-state index contributed by atoms with van der Waals surface area (Å²) in [6, 6.07) is 15.1. The van der Waals surface area contributed by atoms with Crippen LogP contribution in [0.4, 0.5) is 11.5 Å². The van der Waals surface area contributed by atoms with E-state index in [0.29, 0.717) is 16.4 Å². The fourth-order valence-corrected chi connectivity index (χ4v) is 3.43. The summed E-state index contributed by atoms with van der Waals surface area (Å²) in [7, 11) is 0. The first kappa shape index (κ1) is 22.5. The number of nitrogens with zero attached hydrogens (tertiary/aromatic N) is 1. The van der Waals surface area contributed by atoms with Gasteiger partial charge in [0.2, 0.25) is 5.91 Å². The Labute approximate surface area is 186 Å². The summed E-state index contributed by atoms with van der Waals surface area (Å²) in [5.74, 6) is -3.09. The number of carboxylic acid groups (broad SMARTS) is 2. The van der Waals surface area contributed by atoms with Gasteiger partial charge in [0, 0.05) is 16.8 Å². The van der Waals surface area contributed by atoms with Gasteiger partial charge in [-0.15, -0.1) is 11.8 Å². The fraction of sp³-hybridized carbons (Fsp3) is 0.0455. The van der Waals surface area contributed by atoms with Crippen LogP contribution in [0, 0.1) is 0 Å². The predicted molar refractivity (Wildman–Crippen MR) is 118 cm³/mol. The van der Waals surface area contributed by atoms with E-state index in [9.17, 15) is 24.3 Å². The number of thioether (sulfide) groups is 1. The molecule has 2 aromatic carbocycles. The molecular formula is C22H17N3O6S. The topological polar surface area (TPSA) is 146 Å². The van der Waals surface area contributed by atoms with Gasteiger partial charge in [0.05, 0.1) is 22.4 Å². The van der Waals surface area contributed by atoms with Gasteiger partial charge in [-0.2, -0.15) is 0 Å². The average molecular weight is 451 g/mol. The molecule has 0 aliphatic rings. The molecule has 0 fully saturated rings. The Morgan fingerprint density at radius 3 is 2.34 bits per heavy atom. The summed E-state index contributed by atoms with van der Waals surface area (Å²) in [5.41, 5.74) is -0.431. The summed E-state index contributed by atoms with van der Waals surface area (Å²) in [6.07, 6.45) is 1.57. The number of hydrogen-bond acceptors (Lipinski definition) is 6. The molecule has 0 aliphatic heterocycles. The molecule has 0 saturated carbocycles. The summed E-state index contributed by atoms with van der Waals surface area (Å²) < 4.78 is 0. The van der Waals surface area contributed by atoms with Crippen LogP contribution >= 0.6 is 11.8 Å². The molecule has 10 heteroatoms. The zero-order valence-corrected chi connectivity index (χ0v) is 17.3. The van der Waals surface area contributed by atoms with Crippen LogP contribution < -0.4 is 10.6 Å². The van der Waals surface area contributed by atoms with Crippen LogP contribution in [0.3, 0.4) is 0 Å². The molecule has 9 nitrogen and oxygen atoms in total. The van der Waals surface area contributed by atoms with E-state index in [1.165, 1.54) is 11.8 Å². The van der Waals surface area contributed by atoms with Crippen LogP contribution in [-0.2, 0) is 4.79 Å². The van der Waals surface area contributed by atoms with Gasteiger partial charge in [0.1, 0.15) is 5.82 Å². The highest BCUT2D eigenvalue weighted by atomic mass is 32.2. The van der Waals surface area contributed by atoms with Gasteiger partial charge in [0.25, 0.3) is 5.91 Å². The Hall–Kier alpha value is -4.18. The minimum atomic E-state index is -1.42. The second kappa shape index (κ2) is 10.2. The zero-order valence-electron chi connectivity index (χ0n) is 16.4. The van der Waals surface area contributed by atoms with Gasteiger partial charge in [-0.05, 0) is 48.5 Å². The third kappa shape index (κ3) is 5.92. The molecule has 0 bridgehead atoms. The standard InChI is InChI=1S/C22H17N3O6S/c26-19(25-18-6-1-2-9-23-18)12-32-15-5-3-4-14(11-15)24-20(27)16-8-7-13(21(28)29)10-17(16)22(30)31/h1-11H,12H2,(H,24,27)(H,28,29)(H,30,31)(H,23,25,26). The molecule has 0 saturated heterocycles. The number of pyridine rings is 1. The van der Waals surface area contributed by atoms with Gasteiger partial charge in [-0.3, -0.25) is 9.59 Å².